The van der Waals surface area contributed by atoms with Crippen LogP contribution in [0.2, 0.25) is 0 Å². The summed E-state index contributed by atoms with van der Waals surface area (Å²) in [7, 11) is 2.89. The van der Waals surface area contributed by atoms with E-state index in [1.165, 1.54) is 40.9 Å². The van der Waals surface area contributed by atoms with Crippen molar-refractivity contribution in [2.45, 2.75) is 6.54 Å². The van der Waals surface area contributed by atoms with Crippen LogP contribution < -0.4 is 16.6 Å². The minimum Gasteiger partial charge on any atom is -0.315 e. The quantitative estimate of drug-likeness (QED) is 0.525. The molecule has 10 nitrogen and oxygen atoms in total. The Hall–Kier alpha value is -4.04. The normalized spacial score (nSPS) is 10.8. The van der Waals surface area contributed by atoms with Crippen molar-refractivity contribution in [2.24, 2.45) is 14.1 Å². The van der Waals surface area contributed by atoms with E-state index in [2.05, 4.69) is 21.4 Å². The molecule has 3 aromatic heterocycles. The van der Waals surface area contributed by atoms with Crippen molar-refractivity contribution in [1.29, 1.82) is 5.26 Å². The van der Waals surface area contributed by atoms with E-state index in [1.54, 1.807) is 29.6 Å². The van der Waals surface area contributed by atoms with Crippen LogP contribution in [0.15, 0.2) is 45.6 Å². The second kappa shape index (κ2) is 7.41. The molecule has 0 bridgehead atoms. The molecule has 4 rings (SSSR count). The number of benzene rings is 1. The maximum absolute atomic E-state index is 12.5. The van der Waals surface area contributed by atoms with E-state index in [-0.39, 0.29) is 23.6 Å². The Balaban J connectivity index is 1.55. The third-order valence-electron chi connectivity index (χ3n) is 4.59. The lowest BCUT2D eigenvalue weighted by atomic mass is 10.1. The van der Waals surface area contributed by atoms with Gasteiger partial charge in [0.25, 0.3) is 5.56 Å². The van der Waals surface area contributed by atoms with Crippen molar-refractivity contribution < 1.29 is 4.79 Å². The summed E-state index contributed by atoms with van der Waals surface area (Å²) in [6, 6.07) is 9.04. The van der Waals surface area contributed by atoms with Crippen LogP contribution in [0.1, 0.15) is 5.56 Å². The fraction of sp³-hybridized carbons (Fsp3) is 0.158. The summed E-state index contributed by atoms with van der Waals surface area (Å²) < 4.78 is 3.64. The summed E-state index contributed by atoms with van der Waals surface area (Å²) in [5.41, 5.74) is 1.45. The molecule has 0 unspecified atom stereocenters. The second-order valence-electron chi connectivity index (χ2n) is 6.53. The van der Waals surface area contributed by atoms with Gasteiger partial charge in [-0.2, -0.15) is 5.26 Å². The topological polar surface area (TPSA) is 128 Å². The average Bonchev–Trinajstić information content (AvgIpc) is 3.38. The van der Waals surface area contributed by atoms with Crippen molar-refractivity contribution in [2.75, 3.05) is 5.32 Å². The van der Waals surface area contributed by atoms with Crippen LogP contribution in [0.5, 0.6) is 0 Å². The Kier molecular flexibility index (Phi) is 4.77. The van der Waals surface area contributed by atoms with Crippen LogP contribution in [0, 0.1) is 11.3 Å². The molecule has 30 heavy (non-hydrogen) atoms. The molecule has 4 aromatic rings. The first-order valence-corrected chi connectivity index (χ1v) is 9.63. The number of imidazole rings is 1. The predicted molar refractivity (Wildman–Crippen MR) is 111 cm³/mol. The van der Waals surface area contributed by atoms with Gasteiger partial charge in [0.05, 0.1) is 23.7 Å². The minimum absolute atomic E-state index is 0.157. The maximum atomic E-state index is 12.5. The van der Waals surface area contributed by atoms with Gasteiger partial charge < -0.3 is 9.88 Å². The number of aryl methyl sites for hydroxylation is 1. The molecule has 1 N–H and O–H groups in total. The highest BCUT2D eigenvalue weighted by Gasteiger charge is 2.16. The zero-order valence-corrected chi connectivity index (χ0v) is 16.8. The third-order valence-corrected chi connectivity index (χ3v) is 5.35. The second-order valence-corrected chi connectivity index (χ2v) is 7.38. The number of anilines is 1. The molecule has 0 saturated carbocycles. The molecular weight excluding hydrogens is 406 g/mol. The molecular formula is C19H15N7O3S. The van der Waals surface area contributed by atoms with Crippen LogP contribution in [0.25, 0.3) is 22.4 Å². The van der Waals surface area contributed by atoms with Gasteiger partial charge in [-0.1, -0.05) is 12.1 Å². The Morgan fingerprint density at radius 3 is 2.63 bits per heavy atom. The lowest BCUT2D eigenvalue weighted by molar-refractivity contribution is -0.116. The number of thiazole rings is 1. The molecule has 150 valence electrons. The standard InChI is InChI=1S/C19H15N7O3S/c1-24-16-15(17(28)25(2)19(24)29)26(10-21-16)8-14(27)23-18-22-13(9-30-18)12-5-3-11(7-20)4-6-12/h3-6,9-10H,8H2,1-2H3,(H,22,23,27). The van der Waals surface area contributed by atoms with E-state index in [1.807, 2.05) is 0 Å². The van der Waals surface area contributed by atoms with Gasteiger partial charge in [-0.25, -0.2) is 14.8 Å². The van der Waals surface area contributed by atoms with E-state index >= 15 is 0 Å². The molecule has 1 aromatic carbocycles. The van der Waals surface area contributed by atoms with Crippen molar-refractivity contribution >= 4 is 33.5 Å². The maximum Gasteiger partial charge on any atom is 0.332 e. The van der Waals surface area contributed by atoms with E-state index in [9.17, 15) is 14.4 Å². The summed E-state index contributed by atoms with van der Waals surface area (Å²) >= 11 is 1.26. The Bertz CT molecular complexity index is 1430. The SMILES string of the molecule is Cn1c(=O)c2c(ncn2CC(=O)Nc2nc(-c3ccc(C#N)cc3)cs2)n(C)c1=O. The average molecular weight is 421 g/mol. The zero-order chi connectivity index (χ0) is 21.4. The first-order valence-electron chi connectivity index (χ1n) is 8.76. The number of carbonyl (C=O) groups is 1. The lowest BCUT2D eigenvalue weighted by Gasteiger charge is -2.06. The molecule has 0 spiro atoms. The summed E-state index contributed by atoms with van der Waals surface area (Å²) in [5.74, 6) is -0.383. The van der Waals surface area contributed by atoms with E-state index < -0.39 is 11.2 Å². The van der Waals surface area contributed by atoms with Crippen LogP contribution >= 0.6 is 11.3 Å². The van der Waals surface area contributed by atoms with E-state index in [0.29, 0.717) is 16.4 Å². The molecule has 3 heterocycles. The number of nitriles is 1. The fourth-order valence-electron chi connectivity index (χ4n) is 3.01. The lowest BCUT2D eigenvalue weighted by Crippen LogP contribution is -2.37. The number of aromatic nitrogens is 5. The van der Waals surface area contributed by atoms with Crippen molar-refractivity contribution in [3.8, 4) is 17.3 Å². The predicted octanol–water partition coefficient (Wildman–Crippen LogP) is 1.07. The fourth-order valence-corrected chi connectivity index (χ4v) is 3.75. The molecule has 0 fully saturated rings. The largest absolute Gasteiger partial charge is 0.332 e. The molecule has 0 aliphatic heterocycles. The number of fused-ring (bicyclic) bond motifs is 1. The van der Waals surface area contributed by atoms with Crippen molar-refractivity contribution in [3.63, 3.8) is 0 Å². The minimum atomic E-state index is -0.518. The monoisotopic (exact) mass is 421 g/mol. The molecule has 1 amide bonds. The van der Waals surface area contributed by atoms with E-state index in [0.717, 1.165) is 10.1 Å². The number of amides is 1. The van der Waals surface area contributed by atoms with Gasteiger partial charge in [0.15, 0.2) is 16.3 Å². The van der Waals surface area contributed by atoms with Crippen LogP contribution in [-0.2, 0) is 25.4 Å². The summed E-state index contributed by atoms with van der Waals surface area (Å²) in [6.45, 7) is -0.157. The van der Waals surface area contributed by atoms with Gasteiger partial charge in [0.2, 0.25) is 5.91 Å². The molecule has 11 heteroatoms. The van der Waals surface area contributed by atoms with Crippen LogP contribution in [-0.4, -0.2) is 29.6 Å². The molecule has 0 radical (unpaired) electrons. The first kappa shape index (κ1) is 19.3. The molecule has 0 aliphatic carbocycles. The van der Waals surface area contributed by atoms with Crippen LogP contribution in [0.4, 0.5) is 5.13 Å². The molecule has 0 atom stereocenters. The van der Waals surface area contributed by atoms with Gasteiger partial charge in [-0.3, -0.25) is 18.7 Å². The number of nitrogens with zero attached hydrogens (tertiary/aromatic N) is 6. The van der Waals surface area contributed by atoms with Gasteiger partial charge in [0, 0.05) is 25.0 Å². The zero-order valence-electron chi connectivity index (χ0n) is 16.0. The first-order chi connectivity index (χ1) is 14.4. The molecule has 0 aliphatic rings. The third kappa shape index (κ3) is 3.29. The summed E-state index contributed by atoms with van der Waals surface area (Å²) in [6.07, 6.45) is 1.36. The van der Waals surface area contributed by atoms with Gasteiger partial charge in [-0.05, 0) is 12.1 Å². The Morgan fingerprint density at radius 2 is 1.93 bits per heavy atom. The number of rotatable bonds is 4. The van der Waals surface area contributed by atoms with Gasteiger partial charge in [0.1, 0.15) is 6.54 Å². The van der Waals surface area contributed by atoms with E-state index in [4.69, 9.17) is 5.26 Å². The summed E-state index contributed by atoms with van der Waals surface area (Å²) in [4.78, 5) is 45.4. The summed E-state index contributed by atoms with van der Waals surface area (Å²) in [5, 5.41) is 13.8. The highest BCUT2D eigenvalue weighted by Crippen LogP contribution is 2.25. The number of hydrogen-bond acceptors (Lipinski definition) is 7. The number of carbonyl (C=O) groups excluding carboxylic acids is 1. The highest BCUT2D eigenvalue weighted by atomic mass is 32.1. The molecule has 0 saturated heterocycles. The van der Waals surface area contributed by atoms with Crippen molar-refractivity contribution in [1.82, 2.24) is 23.7 Å². The smallest absolute Gasteiger partial charge is 0.315 e. The number of hydrogen-bond donors (Lipinski definition) is 1. The highest BCUT2D eigenvalue weighted by molar-refractivity contribution is 7.14. The van der Waals surface area contributed by atoms with Gasteiger partial charge in [-0.15, -0.1) is 11.3 Å². The van der Waals surface area contributed by atoms with Crippen molar-refractivity contribution in [3.05, 3.63) is 62.4 Å². The number of nitrogens with one attached hydrogen (secondary N) is 1. The Morgan fingerprint density at radius 1 is 1.20 bits per heavy atom. The Labute approximate surface area is 173 Å². The van der Waals surface area contributed by atoms with Crippen LogP contribution in [0.3, 0.4) is 0 Å². The van der Waals surface area contributed by atoms with Gasteiger partial charge >= 0.3 is 5.69 Å².